The zero-order chi connectivity index (χ0) is 17.8. The lowest BCUT2D eigenvalue weighted by Crippen LogP contribution is -2.40. The van der Waals surface area contributed by atoms with Gasteiger partial charge in [-0.3, -0.25) is 9.69 Å². The van der Waals surface area contributed by atoms with Crippen LogP contribution in [0.25, 0.3) is 0 Å². The van der Waals surface area contributed by atoms with Crippen molar-refractivity contribution in [1.82, 2.24) is 15.4 Å². The summed E-state index contributed by atoms with van der Waals surface area (Å²) in [5, 5.41) is 6.65. The van der Waals surface area contributed by atoms with Crippen LogP contribution >= 0.6 is 0 Å². The number of carbonyl (C=O) groups excluding carboxylic acids is 2. The first kappa shape index (κ1) is 15.5. The van der Waals surface area contributed by atoms with Gasteiger partial charge >= 0.3 is 6.03 Å². The summed E-state index contributed by atoms with van der Waals surface area (Å²) < 4.78 is 15.8. The van der Waals surface area contributed by atoms with E-state index in [1.165, 1.54) is 4.90 Å². The van der Waals surface area contributed by atoms with Gasteiger partial charge in [-0.1, -0.05) is 11.2 Å². The van der Waals surface area contributed by atoms with Crippen molar-refractivity contribution in [3.05, 3.63) is 40.8 Å². The number of nitrogens with zero attached hydrogens (tertiary/aromatic N) is 2. The molecule has 0 spiro atoms. The summed E-state index contributed by atoms with van der Waals surface area (Å²) in [6, 6.07) is 4.76. The second kappa shape index (κ2) is 5.23. The number of imide groups is 1. The topological polar surface area (TPSA) is 93.9 Å². The average molecular weight is 343 g/mol. The molecule has 3 amide bonds. The molecule has 1 unspecified atom stereocenters. The van der Waals surface area contributed by atoms with Crippen LogP contribution in [0.4, 0.5) is 4.79 Å². The molecule has 8 nitrogen and oxygen atoms in total. The predicted octanol–water partition coefficient (Wildman–Crippen LogP) is 1.99. The maximum absolute atomic E-state index is 13.0. The second-order valence-electron chi connectivity index (χ2n) is 6.32. The highest BCUT2D eigenvalue weighted by Crippen LogP contribution is 2.38. The number of ether oxygens (including phenoxy) is 2. The summed E-state index contributed by atoms with van der Waals surface area (Å²) in [4.78, 5) is 26.6. The first-order valence-corrected chi connectivity index (χ1v) is 7.86. The Labute approximate surface area is 143 Å². The van der Waals surface area contributed by atoms with Crippen LogP contribution in [0.2, 0.25) is 0 Å². The maximum atomic E-state index is 13.0. The van der Waals surface area contributed by atoms with Crippen molar-refractivity contribution in [2.45, 2.75) is 32.9 Å². The summed E-state index contributed by atoms with van der Waals surface area (Å²) in [7, 11) is 0. The molecular formula is C17H17N3O5. The third-order valence-electron chi connectivity index (χ3n) is 4.72. The van der Waals surface area contributed by atoms with Gasteiger partial charge in [-0.15, -0.1) is 0 Å². The van der Waals surface area contributed by atoms with Gasteiger partial charge in [0.15, 0.2) is 11.5 Å². The van der Waals surface area contributed by atoms with Gasteiger partial charge in [0, 0.05) is 5.56 Å². The fourth-order valence-corrected chi connectivity index (χ4v) is 3.13. The third kappa shape index (κ3) is 2.25. The van der Waals surface area contributed by atoms with E-state index in [-0.39, 0.29) is 19.2 Å². The highest BCUT2D eigenvalue weighted by Gasteiger charge is 2.49. The number of aryl methyl sites for hydroxylation is 2. The molecule has 2 aromatic rings. The molecule has 4 rings (SSSR count). The van der Waals surface area contributed by atoms with E-state index in [9.17, 15) is 9.59 Å². The molecule has 1 aromatic heterocycles. The molecule has 3 heterocycles. The predicted molar refractivity (Wildman–Crippen MR) is 85.0 cm³/mol. The lowest BCUT2D eigenvalue weighted by atomic mass is 9.91. The second-order valence-corrected chi connectivity index (χ2v) is 6.32. The van der Waals surface area contributed by atoms with E-state index in [1.807, 2.05) is 0 Å². The summed E-state index contributed by atoms with van der Waals surface area (Å²) in [6.45, 7) is 5.48. The highest BCUT2D eigenvalue weighted by molar-refractivity contribution is 6.07. The Morgan fingerprint density at radius 2 is 2.00 bits per heavy atom. The fraction of sp³-hybridized carbons (Fsp3) is 0.353. The number of rotatable bonds is 3. The van der Waals surface area contributed by atoms with E-state index in [0.717, 1.165) is 5.56 Å². The van der Waals surface area contributed by atoms with Gasteiger partial charge in [0.1, 0.15) is 11.3 Å². The summed E-state index contributed by atoms with van der Waals surface area (Å²) in [5.74, 6) is 1.44. The normalized spacial score (nSPS) is 21.8. The fourth-order valence-electron chi connectivity index (χ4n) is 3.13. The lowest BCUT2D eigenvalue weighted by molar-refractivity contribution is -0.131. The largest absolute Gasteiger partial charge is 0.454 e. The Morgan fingerprint density at radius 1 is 1.24 bits per heavy atom. The first-order chi connectivity index (χ1) is 11.9. The highest BCUT2D eigenvalue weighted by atomic mass is 16.7. The Bertz CT molecular complexity index is 871. The van der Waals surface area contributed by atoms with Crippen LogP contribution in [-0.2, 0) is 16.9 Å². The summed E-state index contributed by atoms with van der Waals surface area (Å²) >= 11 is 0. The molecule has 0 saturated carbocycles. The number of amides is 3. The Kier molecular flexibility index (Phi) is 3.24. The van der Waals surface area contributed by atoms with Gasteiger partial charge in [0.2, 0.25) is 6.79 Å². The van der Waals surface area contributed by atoms with E-state index < -0.39 is 11.6 Å². The minimum absolute atomic E-state index is 0.117. The van der Waals surface area contributed by atoms with Gasteiger partial charge in [-0.25, -0.2) is 4.79 Å². The van der Waals surface area contributed by atoms with Gasteiger partial charge in [0.25, 0.3) is 5.91 Å². The molecular weight excluding hydrogens is 326 g/mol. The Balaban J connectivity index is 1.66. The molecule has 1 saturated heterocycles. The molecule has 8 heteroatoms. The van der Waals surface area contributed by atoms with E-state index in [1.54, 1.807) is 39.0 Å². The van der Waals surface area contributed by atoms with Crippen LogP contribution in [0.3, 0.4) is 0 Å². The van der Waals surface area contributed by atoms with Gasteiger partial charge in [-0.2, -0.15) is 0 Å². The molecule has 130 valence electrons. The van der Waals surface area contributed by atoms with E-state index in [0.29, 0.717) is 28.5 Å². The minimum Gasteiger partial charge on any atom is -0.454 e. The van der Waals surface area contributed by atoms with Gasteiger partial charge in [0.05, 0.1) is 12.2 Å². The zero-order valence-electron chi connectivity index (χ0n) is 14.1. The molecule has 1 N–H and O–H groups in total. The number of urea groups is 1. The molecule has 0 radical (unpaired) electrons. The number of carbonyl (C=O) groups is 2. The number of hydrogen-bond donors (Lipinski definition) is 1. The van der Waals surface area contributed by atoms with E-state index >= 15 is 0 Å². The van der Waals surface area contributed by atoms with Crippen molar-refractivity contribution >= 4 is 11.9 Å². The molecule has 2 aliphatic heterocycles. The molecule has 0 aliphatic carbocycles. The number of nitrogens with one attached hydrogen (secondary N) is 1. The summed E-state index contributed by atoms with van der Waals surface area (Å²) in [5.41, 5.74) is 0.862. The molecule has 1 fully saturated rings. The van der Waals surface area contributed by atoms with Gasteiger partial charge < -0.3 is 19.3 Å². The molecule has 1 atom stereocenters. The average Bonchev–Trinajstić information content (AvgIpc) is 3.23. The summed E-state index contributed by atoms with van der Waals surface area (Å²) in [6.07, 6.45) is 0. The number of fused-ring (bicyclic) bond motifs is 1. The van der Waals surface area contributed by atoms with Crippen LogP contribution in [-0.4, -0.2) is 28.8 Å². The van der Waals surface area contributed by atoms with Crippen molar-refractivity contribution in [3.63, 3.8) is 0 Å². The van der Waals surface area contributed by atoms with Crippen molar-refractivity contribution in [2.24, 2.45) is 0 Å². The monoisotopic (exact) mass is 343 g/mol. The zero-order valence-corrected chi connectivity index (χ0v) is 14.1. The third-order valence-corrected chi connectivity index (χ3v) is 4.72. The Morgan fingerprint density at radius 3 is 2.72 bits per heavy atom. The van der Waals surface area contributed by atoms with Gasteiger partial charge in [-0.05, 0) is 38.5 Å². The van der Waals surface area contributed by atoms with E-state index in [2.05, 4.69) is 10.5 Å². The van der Waals surface area contributed by atoms with Crippen molar-refractivity contribution < 1.29 is 23.6 Å². The van der Waals surface area contributed by atoms with Crippen molar-refractivity contribution in [1.29, 1.82) is 0 Å². The lowest BCUT2D eigenvalue weighted by Gasteiger charge is -2.22. The number of aromatic nitrogens is 1. The number of benzene rings is 1. The first-order valence-electron chi connectivity index (χ1n) is 7.86. The van der Waals surface area contributed by atoms with Crippen LogP contribution in [0.1, 0.15) is 29.5 Å². The smallest absolute Gasteiger partial charge is 0.325 e. The van der Waals surface area contributed by atoms with Crippen molar-refractivity contribution in [3.8, 4) is 11.5 Å². The maximum Gasteiger partial charge on any atom is 0.325 e. The quantitative estimate of drug-likeness (QED) is 0.857. The molecule has 1 aromatic carbocycles. The van der Waals surface area contributed by atoms with Crippen LogP contribution in [0.15, 0.2) is 22.7 Å². The van der Waals surface area contributed by atoms with Crippen LogP contribution < -0.4 is 14.8 Å². The standard InChI is InChI=1S/C17H17N3O5/c1-9-12(10(2)25-19-9)7-20-15(21)17(3,18-16(20)22)11-4-5-13-14(6-11)24-8-23-13/h4-6H,7-8H2,1-3H3,(H,18,22). The van der Waals surface area contributed by atoms with E-state index in [4.69, 9.17) is 14.0 Å². The molecule has 0 bridgehead atoms. The van der Waals surface area contributed by atoms with Crippen LogP contribution in [0, 0.1) is 13.8 Å². The molecule has 25 heavy (non-hydrogen) atoms. The van der Waals surface area contributed by atoms with Crippen molar-refractivity contribution in [2.75, 3.05) is 6.79 Å². The molecule has 2 aliphatic rings. The Hall–Kier alpha value is -3.03. The SMILES string of the molecule is Cc1noc(C)c1CN1C(=O)NC(C)(c2ccc3c(c2)OCO3)C1=O. The minimum atomic E-state index is -1.17. The number of hydrogen-bond acceptors (Lipinski definition) is 6. The van der Waals surface area contributed by atoms with Crippen LogP contribution in [0.5, 0.6) is 11.5 Å².